The minimum absolute atomic E-state index is 0.00343. The second kappa shape index (κ2) is 4.92. The summed E-state index contributed by atoms with van der Waals surface area (Å²) in [5.74, 6) is 1.58. The molecule has 2 unspecified atom stereocenters. The molecule has 3 nitrogen and oxygen atoms in total. The van der Waals surface area contributed by atoms with Crippen molar-refractivity contribution in [3.63, 3.8) is 0 Å². The van der Waals surface area contributed by atoms with Crippen LogP contribution < -0.4 is 10.1 Å². The molecule has 2 atom stereocenters. The molecule has 1 N–H and O–H groups in total. The molecule has 1 aromatic rings. The van der Waals surface area contributed by atoms with Crippen LogP contribution in [-0.2, 0) is 11.2 Å². The molecule has 0 spiro atoms. The van der Waals surface area contributed by atoms with Crippen LogP contribution in [0.15, 0.2) is 24.3 Å². The van der Waals surface area contributed by atoms with Gasteiger partial charge in [-0.25, -0.2) is 0 Å². The van der Waals surface area contributed by atoms with E-state index < -0.39 is 0 Å². The molecule has 3 rings (SSSR count). The first-order chi connectivity index (χ1) is 8.74. The van der Waals surface area contributed by atoms with Crippen LogP contribution in [0.1, 0.15) is 18.4 Å². The van der Waals surface area contributed by atoms with Gasteiger partial charge in [-0.15, -0.1) is 0 Å². The number of rotatable bonds is 4. The van der Waals surface area contributed by atoms with Crippen LogP contribution in [0.3, 0.4) is 0 Å². The molecule has 0 bridgehead atoms. The molecular weight excluding hydrogens is 294 g/mol. The molecule has 2 aliphatic rings. The predicted molar refractivity (Wildman–Crippen MR) is 73.0 cm³/mol. The van der Waals surface area contributed by atoms with E-state index in [1.54, 1.807) is 0 Å². The number of carbonyl (C=O) groups is 1. The Morgan fingerprint density at radius 2 is 2.22 bits per heavy atom. The van der Waals surface area contributed by atoms with Gasteiger partial charge < -0.3 is 10.1 Å². The van der Waals surface area contributed by atoms with Crippen molar-refractivity contribution in [2.75, 3.05) is 6.54 Å². The summed E-state index contributed by atoms with van der Waals surface area (Å²) in [4.78, 5) is 12.4. The van der Waals surface area contributed by atoms with Crippen molar-refractivity contribution in [2.45, 2.75) is 30.2 Å². The van der Waals surface area contributed by atoms with E-state index in [0.717, 1.165) is 17.2 Å². The number of nitrogens with one attached hydrogen (secondary N) is 1. The largest absolute Gasteiger partial charge is 0.480 e. The smallest absolute Gasteiger partial charge is 0.261 e. The summed E-state index contributed by atoms with van der Waals surface area (Å²) in [5.41, 5.74) is 1.12. The van der Waals surface area contributed by atoms with Crippen molar-refractivity contribution in [3.8, 4) is 5.75 Å². The van der Waals surface area contributed by atoms with Gasteiger partial charge in [-0.1, -0.05) is 34.1 Å². The monoisotopic (exact) mass is 309 g/mol. The Kier molecular flexibility index (Phi) is 3.29. The summed E-state index contributed by atoms with van der Waals surface area (Å²) >= 11 is 3.61. The van der Waals surface area contributed by atoms with Crippen molar-refractivity contribution >= 4 is 21.8 Å². The van der Waals surface area contributed by atoms with Crippen LogP contribution >= 0.6 is 15.9 Å². The number of carbonyl (C=O) groups excluding carboxylic acids is 1. The van der Waals surface area contributed by atoms with Crippen LogP contribution in [0.4, 0.5) is 0 Å². The molecule has 1 aliphatic carbocycles. The number of alkyl halides is 1. The fourth-order valence-corrected chi connectivity index (χ4v) is 2.96. The van der Waals surface area contributed by atoms with Crippen LogP contribution in [-0.4, -0.2) is 23.4 Å². The van der Waals surface area contributed by atoms with Gasteiger partial charge in [0.2, 0.25) is 0 Å². The first-order valence-electron chi connectivity index (χ1n) is 6.40. The molecule has 1 fully saturated rings. The minimum Gasteiger partial charge on any atom is -0.480 e. The van der Waals surface area contributed by atoms with E-state index in [-0.39, 0.29) is 12.0 Å². The Bertz CT molecular complexity index is 434. The predicted octanol–water partition coefficient (Wildman–Crippen LogP) is 2.28. The van der Waals surface area contributed by atoms with Crippen molar-refractivity contribution in [2.24, 2.45) is 5.92 Å². The molecule has 96 valence electrons. The maximum absolute atomic E-state index is 12.0. The summed E-state index contributed by atoms with van der Waals surface area (Å²) in [6.07, 6.45) is 2.87. The third-order valence-electron chi connectivity index (χ3n) is 3.54. The molecule has 1 amide bonds. The van der Waals surface area contributed by atoms with E-state index in [1.165, 1.54) is 12.8 Å². The van der Waals surface area contributed by atoms with Crippen LogP contribution in [0.5, 0.6) is 5.75 Å². The molecule has 4 heteroatoms. The summed E-state index contributed by atoms with van der Waals surface area (Å²) in [6, 6.07) is 7.84. The van der Waals surface area contributed by atoms with Crippen LogP contribution in [0, 0.1) is 5.92 Å². The minimum atomic E-state index is -0.360. The zero-order valence-electron chi connectivity index (χ0n) is 10.1. The van der Waals surface area contributed by atoms with Crippen LogP contribution in [0.25, 0.3) is 0 Å². The molecule has 1 aliphatic heterocycles. The van der Waals surface area contributed by atoms with E-state index in [2.05, 4.69) is 21.2 Å². The van der Waals surface area contributed by atoms with E-state index >= 15 is 0 Å². The van der Waals surface area contributed by atoms with E-state index in [0.29, 0.717) is 17.8 Å². The first-order valence-corrected chi connectivity index (χ1v) is 7.32. The summed E-state index contributed by atoms with van der Waals surface area (Å²) in [7, 11) is 0. The van der Waals surface area contributed by atoms with Crippen molar-refractivity contribution in [3.05, 3.63) is 29.8 Å². The second-order valence-corrected chi connectivity index (χ2v) is 6.19. The number of amides is 1. The highest BCUT2D eigenvalue weighted by Gasteiger charge is 2.32. The third kappa shape index (κ3) is 2.53. The maximum atomic E-state index is 12.0. The van der Waals surface area contributed by atoms with E-state index in [4.69, 9.17) is 4.74 Å². The number of fused-ring (bicyclic) bond motifs is 1. The normalized spacial score (nSPS) is 23.1. The fourth-order valence-electron chi connectivity index (χ4n) is 2.26. The highest BCUT2D eigenvalue weighted by atomic mass is 79.9. The summed E-state index contributed by atoms with van der Waals surface area (Å²) in [5, 5.41) is 2.97. The van der Waals surface area contributed by atoms with E-state index in [1.807, 2.05) is 24.3 Å². The van der Waals surface area contributed by atoms with Gasteiger partial charge in [0.05, 0.1) is 0 Å². The molecule has 0 aromatic heterocycles. The SMILES string of the molecule is O=C(NCC(Br)C1CC1)C1Cc2ccccc2O1. The molecular formula is C14H16BrNO2. The number of para-hydroxylation sites is 1. The number of ether oxygens (including phenoxy) is 1. The number of benzene rings is 1. The number of hydrogen-bond donors (Lipinski definition) is 1. The maximum Gasteiger partial charge on any atom is 0.261 e. The van der Waals surface area contributed by atoms with Gasteiger partial charge >= 0.3 is 0 Å². The van der Waals surface area contributed by atoms with Crippen molar-refractivity contribution < 1.29 is 9.53 Å². The summed E-state index contributed by atoms with van der Waals surface area (Å²) < 4.78 is 5.65. The first kappa shape index (κ1) is 12.0. The van der Waals surface area contributed by atoms with Gasteiger partial charge in [-0.05, 0) is 30.4 Å². The van der Waals surface area contributed by atoms with Crippen molar-refractivity contribution in [1.29, 1.82) is 0 Å². The standard InChI is InChI=1S/C14H16BrNO2/c15-11(9-5-6-9)8-16-14(17)13-7-10-3-1-2-4-12(10)18-13/h1-4,9,11,13H,5-8H2,(H,16,17). The Labute approximate surface area is 115 Å². The summed E-state index contributed by atoms with van der Waals surface area (Å²) in [6.45, 7) is 0.694. The highest BCUT2D eigenvalue weighted by molar-refractivity contribution is 9.09. The van der Waals surface area contributed by atoms with Gasteiger partial charge in [0.1, 0.15) is 5.75 Å². The lowest BCUT2D eigenvalue weighted by molar-refractivity contribution is -0.127. The van der Waals surface area contributed by atoms with Gasteiger partial charge in [0.15, 0.2) is 6.10 Å². The number of halogens is 1. The Morgan fingerprint density at radius 3 is 2.94 bits per heavy atom. The van der Waals surface area contributed by atoms with E-state index in [9.17, 15) is 4.79 Å². The molecule has 18 heavy (non-hydrogen) atoms. The van der Waals surface area contributed by atoms with Gasteiger partial charge in [-0.2, -0.15) is 0 Å². The highest BCUT2D eigenvalue weighted by Crippen LogP contribution is 2.36. The molecule has 0 saturated heterocycles. The van der Waals surface area contributed by atoms with Crippen LogP contribution in [0.2, 0.25) is 0 Å². The Balaban J connectivity index is 1.52. The van der Waals surface area contributed by atoms with Gasteiger partial charge in [-0.3, -0.25) is 4.79 Å². The molecule has 1 saturated carbocycles. The second-order valence-electron chi connectivity index (χ2n) is 5.02. The molecule has 1 heterocycles. The third-order valence-corrected chi connectivity index (χ3v) is 4.62. The lowest BCUT2D eigenvalue weighted by Crippen LogP contribution is -2.40. The zero-order chi connectivity index (χ0) is 12.5. The Hall–Kier alpha value is -1.03. The van der Waals surface area contributed by atoms with Crippen molar-refractivity contribution in [1.82, 2.24) is 5.32 Å². The lowest BCUT2D eigenvalue weighted by atomic mass is 10.1. The Morgan fingerprint density at radius 1 is 1.44 bits per heavy atom. The fraction of sp³-hybridized carbons (Fsp3) is 0.500. The number of hydrogen-bond acceptors (Lipinski definition) is 2. The lowest BCUT2D eigenvalue weighted by Gasteiger charge is -2.13. The molecule has 0 radical (unpaired) electrons. The quantitative estimate of drug-likeness (QED) is 0.867. The topological polar surface area (TPSA) is 38.3 Å². The van der Waals surface area contributed by atoms with Gasteiger partial charge in [0.25, 0.3) is 5.91 Å². The average molecular weight is 310 g/mol. The average Bonchev–Trinajstić information content (AvgIpc) is 3.14. The zero-order valence-corrected chi connectivity index (χ0v) is 11.7. The molecule has 1 aromatic carbocycles. The van der Waals surface area contributed by atoms with Gasteiger partial charge in [0, 0.05) is 17.8 Å².